The Bertz CT molecular complexity index is 751. The van der Waals surface area contributed by atoms with Crippen molar-refractivity contribution < 1.29 is 14.4 Å². The van der Waals surface area contributed by atoms with Gasteiger partial charge in [0.15, 0.2) is 0 Å². The minimum absolute atomic E-state index is 0.0185. The number of nitrogens with zero attached hydrogens (tertiary/aromatic N) is 3. The molecule has 1 aromatic rings. The average molecular weight is 392 g/mol. The molecule has 1 aromatic carbocycles. The molecule has 2 aliphatic rings. The molecule has 0 aliphatic carbocycles. The van der Waals surface area contributed by atoms with Crippen molar-refractivity contribution in [1.29, 1.82) is 0 Å². The van der Waals surface area contributed by atoms with Crippen molar-refractivity contribution >= 4 is 29.3 Å². The molecule has 0 saturated carbocycles. The Kier molecular flexibility index (Phi) is 5.47. The molecule has 7 heteroatoms. The molecule has 1 atom stereocenters. The van der Waals surface area contributed by atoms with Crippen molar-refractivity contribution in [2.45, 2.75) is 32.7 Å². The molecule has 0 spiro atoms. The Hall–Kier alpha value is -2.08. The summed E-state index contributed by atoms with van der Waals surface area (Å²) < 4.78 is 0. The van der Waals surface area contributed by atoms with Crippen LogP contribution >= 0.6 is 11.6 Å². The number of benzene rings is 1. The number of halogens is 1. The quantitative estimate of drug-likeness (QED) is 0.777. The fraction of sp³-hybridized carbons (Fsp3) is 0.550. The van der Waals surface area contributed by atoms with Crippen molar-refractivity contribution in [3.8, 4) is 0 Å². The van der Waals surface area contributed by atoms with Gasteiger partial charge in [0.05, 0.1) is 5.92 Å². The van der Waals surface area contributed by atoms with Gasteiger partial charge in [-0.15, -0.1) is 0 Å². The molecule has 0 bridgehead atoms. The zero-order valence-corrected chi connectivity index (χ0v) is 16.8. The highest BCUT2D eigenvalue weighted by Crippen LogP contribution is 2.27. The molecule has 3 amide bonds. The normalized spacial score (nSPS) is 21.0. The van der Waals surface area contributed by atoms with Crippen molar-refractivity contribution in [2.75, 3.05) is 32.7 Å². The van der Waals surface area contributed by atoms with E-state index in [1.54, 1.807) is 39.0 Å². The standard InChI is InChI=1S/C20H26ClN3O3/c1-20(2,3)24-13-15(12-17(24)25)19(27)23-9-7-22(8-10-23)18(26)14-5-4-6-16(21)11-14/h4-6,11,15H,7-10,12-13H2,1-3H3. The Morgan fingerprint density at radius 3 is 2.26 bits per heavy atom. The Morgan fingerprint density at radius 2 is 1.70 bits per heavy atom. The zero-order valence-electron chi connectivity index (χ0n) is 16.1. The van der Waals surface area contributed by atoms with E-state index in [0.29, 0.717) is 43.3 Å². The molecule has 0 N–H and O–H groups in total. The van der Waals surface area contributed by atoms with E-state index in [0.717, 1.165) is 0 Å². The summed E-state index contributed by atoms with van der Waals surface area (Å²) in [7, 11) is 0. The van der Waals surface area contributed by atoms with Crippen LogP contribution in [0.3, 0.4) is 0 Å². The van der Waals surface area contributed by atoms with E-state index in [-0.39, 0.29) is 35.6 Å². The maximum absolute atomic E-state index is 12.8. The molecule has 3 rings (SSSR count). The van der Waals surface area contributed by atoms with E-state index < -0.39 is 0 Å². The van der Waals surface area contributed by atoms with Gasteiger partial charge in [0.1, 0.15) is 0 Å². The van der Waals surface area contributed by atoms with Crippen LogP contribution in [-0.2, 0) is 9.59 Å². The van der Waals surface area contributed by atoms with Gasteiger partial charge in [0.2, 0.25) is 11.8 Å². The van der Waals surface area contributed by atoms with E-state index >= 15 is 0 Å². The van der Waals surface area contributed by atoms with E-state index in [9.17, 15) is 14.4 Å². The predicted octanol–water partition coefficient (Wildman–Crippen LogP) is 2.27. The lowest BCUT2D eigenvalue weighted by atomic mass is 10.1. The Morgan fingerprint density at radius 1 is 1.07 bits per heavy atom. The second-order valence-electron chi connectivity index (χ2n) is 8.20. The van der Waals surface area contributed by atoms with Gasteiger partial charge < -0.3 is 14.7 Å². The van der Waals surface area contributed by atoms with E-state index in [1.165, 1.54) is 0 Å². The number of carbonyl (C=O) groups is 3. The second-order valence-corrected chi connectivity index (χ2v) is 8.64. The SMILES string of the molecule is CC(C)(C)N1CC(C(=O)N2CCN(C(=O)c3cccc(Cl)c3)CC2)CC1=O. The van der Waals surface area contributed by atoms with E-state index in [2.05, 4.69) is 0 Å². The number of hydrogen-bond acceptors (Lipinski definition) is 3. The van der Waals surface area contributed by atoms with Crippen LogP contribution < -0.4 is 0 Å². The van der Waals surface area contributed by atoms with Gasteiger partial charge in [-0.05, 0) is 39.0 Å². The monoisotopic (exact) mass is 391 g/mol. The van der Waals surface area contributed by atoms with E-state index in [4.69, 9.17) is 11.6 Å². The summed E-state index contributed by atoms with van der Waals surface area (Å²) in [5, 5.41) is 0.531. The molecule has 2 heterocycles. The third-order valence-corrected chi connectivity index (χ3v) is 5.47. The molecular weight excluding hydrogens is 366 g/mol. The zero-order chi connectivity index (χ0) is 19.8. The Balaban J connectivity index is 1.57. The molecule has 2 fully saturated rings. The molecule has 0 radical (unpaired) electrons. The third-order valence-electron chi connectivity index (χ3n) is 5.23. The Labute approximate surface area is 165 Å². The number of likely N-dealkylation sites (tertiary alicyclic amines) is 1. The van der Waals surface area contributed by atoms with Crippen molar-refractivity contribution in [3.05, 3.63) is 34.9 Å². The van der Waals surface area contributed by atoms with E-state index in [1.807, 2.05) is 20.8 Å². The highest BCUT2D eigenvalue weighted by molar-refractivity contribution is 6.30. The van der Waals surface area contributed by atoms with Gasteiger partial charge in [-0.3, -0.25) is 14.4 Å². The van der Waals surface area contributed by atoms with Crippen LogP contribution in [-0.4, -0.2) is 70.7 Å². The molecule has 6 nitrogen and oxygen atoms in total. The van der Waals surface area contributed by atoms with Gasteiger partial charge in [-0.25, -0.2) is 0 Å². The number of amides is 3. The number of piperazine rings is 1. The first-order chi connectivity index (χ1) is 12.7. The molecular formula is C20H26ClN3O3. The maximum atomic E-state index is 12.8. The molecule has 27 heavy (non-hydrogen) atoms. The summed E-state index contributed by atoms with van der Waals surface area (Å²) in [5.74, 6) is -0.299. The van der Waals surface area contributed by atoms with Gasteiger partial charge in [-0.2, -0.15) is 0 Å². The van der Waals surface area contributed by atoms with Crippen LogP contribution in [0.25, 0.3) is 0 Å². The molecule has 146 valence electrons. The van der Waals surface area contributed by atoms with Crippen LogP contribution in [0.2, 0.25) is 5.02 Å². The molecule has 1 unspecified atom stereocenters. The second kappa shape index (κ2) is 7.50. The largest absolute Gasteiger partial charge is 0.339 e. The lowest BCUT2D eigenvalue weighted by molar-refractivity contribution is -0.137. The van der Waals surface area contributed by atoms with Gasteiger partial charge in [0.25, 0.3) is 5.91 Å². The van der Waals surface area contributed by atoms with Crippen LogP contribution in [0.4, 0.5) is 0 Å². The average Bonchev–Trinajstić information content (AvgIpc) is 3.03. The fourth-order valence-corrected chi connectivity index (χ4v) is 3.90. The van der Waals surface area contributed by atoms with Crippen LogP contribution in [0.5, 0.6) is 0 Å². The van der Waals surface area contributed by atoms with Gasteiger partial charge in [0, 0.05) is 55.3 Å². The van der Waals surface area contributed by atoms with Crippen LogP contribution in [0.15, 0.2) is 24.3 Å². The minimum Gasteiger partial charge on any atom is -0.339 e. The van der Waals surface area contributed by atoms with Crippen molar-refractivity contribution in [2.24, 2.45) is 5.92 Å². The highest BCUT2D eigenvalue weighted by atomic mass is 35.5. The van der Waals surface area contributed by atoms with Crippen LogP contribution in [0.1, 0.15) is 37.6 Å². The number of carbonyl (C=O) groups excluding carboxylic acids is 3. The maximum Gasteiger partial charge on any atom is 0.254 e. The fourth-order valence-electron chi connectivity index (χ4n) is 3.71. The van der Waals surface area contributed by atoms with Crippen molar-refractivity contribution in [3.63, 3.8) is 0 Å². The summed E-state index contributed by atoms with van der Waals surface area (Å²) in [6.45, 7) is 8.38. The number of hydrogen-bond donors (Lipinski definition) is 0. The summed E-state index contributed by atoms with van der Waals surface area (Å²) in [4.78, 5) is 43.0. The molecule has 2 saturated heterocycles. The van der Waals surface area contributed by atoms with Crippen molar-refractivity contribution in [1.82, 2.24) is 14.7 Å². The topological polar surface area (TPSA) is 60.9 Å². The lowest BCUT2D eigenvalue weighted by Crippen LogP contribution is -2.52. The highest BCUT2D eigenvalue weighted by Gasteiger charge is 2.41. The third kappa shape index (κ3) is 4.26. The molecule has 0 aromatic heterocycles. The summed E-state index contributed by atoms with van der Waals surface area (Å²) >= 11 is 5.97. The lowest BCUT2D eigenvalue weighted by Gasteiger charge is -2.36. The summed E-state index contributed by atoms with van der Waals surface area (Å²) in [5.41, 5.74) is 0.290. The summed E-state index contributed by atoms with van der Waals surface area (Å²) in [6, 6.07) is 6.90. The smallest absolute Gasteiger partial charge is 0.254 e. The first kappa shape index (κ1) is 19.7. The van der Waals surface area contributed by atoms with Gasteiger partial charge >= 0.3 is 0 Å². The predicted molar refractivity (Wildman–Crippen MR) is 104 cm³/mol. The number of rotatable bonds is 2. The first-order valence-corrected chi connectivity index (χ1v) is 9.68. The molecule has 2 aliphatic heterocycles. The summed E-state index contributed by atoms with van der Waals surface area (Å²) in [6.07, 6.45) is 0.276. The minimum atomic E-state index is -0.285. The van der Waals surface area contributed by atoms with Gasteiger partial charge in [-0.1, -0.05) is 17.7 Å². The van der Waals surface area contributed by atoms with Crippen LogP contribution in [0, 0.1) is 5.92 Å². The first-order valence-electron chi connectivity index (χ1n) is 9.31.